The van der Waals surface area contributed by atoms with Crippen molar-refractivity contribution in [2.75, 3.05) is 5.43 Å². The Kier molecular flexibility index (Phi) is 3.66. The van der Waals surface area contributed by atoms with Gasteiger partial charge in [-0.05, 0) is 50.2 Å². The molecule has 0 aliphatic carbocycles. The van der Waals surface area contributed by atoms with Crippen LogP contribution in [0.2, 0.25) is 0 Å². The third-order valence-corrected chi connectivity index (χ3v) is 2.58. The van der Waals surface area contributed by atoms with Gasteiger partial charge >= 0.3 is 5.97 Å². The quantitative estimate of drug-likeness (QED) is 0.652. The number of nitrogens with zero attached hydrogens (tertiary/aromatic N) is 1. The Morgan fingerprint density at radius 3 is 2.42 bits per heavy atom. The van der Waals surface area contributed by atoms with E-state index in [0.29, 0.717) is 11.4 Å². The maximum absolute atomic E-state index is 10.7. The zero-order valence-electron chi connectivity index (χ0n) is 10.7. The highest BCUT2D eigenvalue weighted by atomic mass is 16.4. The molecule has 0 unspecified atom stereocenters. The van der Waals surface area contributed by atoms with Crippen LogP contribution in [0.5, 0.6) is 0 Å². The summed E-state index contributed by atoms with van der Waals surface area (Å²) in [5.74, 6) is 0.583. The number of furan rings is 1. The molecule has 0 spiro atoms. The zero-order valence-corrected chi connectivity index (χ0v) is 10.7. The minimum Gasteiger partial charge on any atom is -0.478 e. The fourth-order valence-electron chi connectivity index (χ4n) is 1.52. The largest absolute Gasteiger partial charge is 0.478 e. The fraction of sp³-hybridized carbons (Fsp3) is 0.143. The van der Waals surface area contributed by atoms with Gasteiger partial charge in [-0.2, -0.15) is 5.10 Å². The molecule has 2 rings (SSSR count). The van der Waals surface area contributed by atoms with Gasteiger partial charge in [0.25, 0.3) is 0 Å². The lowest BCUT2D eigenvalue weighted by atomic mass is 10.2. The molecule has 0 amide bonds. The highest BCUT2D eigenvalue weighted by molar-refractivity contribution is 5.96. The van der Waals surface area contributed by atoms with Crippen LogP contribution in [-0.4, -0.2) is 16.8 Å². The molecule has 0 bridgehead atoms. The van der Waals surface area contributed by atoms with Gasteiger partial charge in [0.15, 0.2) is 0 Å². The van der Waals surface area contributed by atoms with Crippen LogP contribution in [0.4, 0.5) is 5.69 Å². The maximum Gasteiger partial charge on any atom is 0.335 e. The standard InChI is InChI=1S/C14H14N2O3/c1-9-3-8-13(19-9)10(2)15-16-12-6-4-11(5-7-12)14(17)18/h3-8,16H,1-2H3,(H,17,18)/b15-10+. The molecule has 1 aromatic carbocycles. The van der Waals surface area contributed by atoms with Crippen molar-refractivity contribution in [1.29, 1.82) is 0 Å². The highest BCUT2D eigenvalue weighted by Crippen LogP contribution is 2.11. The van der Waals surface area contributed by atoms with Crippen LogP contribution in [0.1, 0.15) is 28.8 Å². The molecule has 0 radical (unpaired) electrons. The highest BCUT2D eigenvalue weighted by Gasteiger charge is 2.03. The van der Waals surface area contributed by atoms with Crippen molar-refractivity contribution in [3.63, 3.8) is 0 Å². The van der Waals surface area contributed by atoms with Crippen LogP contribution in [0, 0.1) is 6.92 Å². The van der Waals surface area contributed by atoms with Gasteiger partial charge < -0.3 is 9.52 Å². The van der Waals surface area contributed by atoms with Crippen molar-refractivity contribution < 1.29 is 14.3 Å². The summed E-state index contributed by atoms with van der Waals surface area (Å²) in [6, 6.07) is 10.1. The Bertz CT molecular complexity index is 612. The van der Waals surface area contributed by atoms with Gasteiger partial charge in [0.1, 0.15) is 17.2 Å². The average Bonchev–Trinajstić information content (AvgIpc) is 2.83. The summed E-state index contributed by atoms with van der Waals surface area (Å²) < 4.78 is 5.44. The second kappa shape index (κ2) is 5.39. The summed E-state index contributed by atoms with van der Waals surface area (Å²) in [6.07, 6.45) is 0. The molecule has 2 aromatic rings. The number of carbonyl (C=O) groups is 1. The van der Waals surface area contributed by atoms with E-state index in [4.69, 9.17) is 9.52 Å². The number of aromatic carboxylic acids is 1. The van der Waals surface area contributed by atoms with Crippen molar-refractivity contribution in [3.8, 4) is 0 Å². The SMILES string of the molecule is C/C(=N\Nc1ccc(C(=O)O)cc1)c1ccc(C)o1. The topological polar surface area (TPSA) is 74.8 Å². The molecular weight excluding hydrogens is 244 g/mol. The van der Waals surface area contributed by atoms with Crippen molar-refractivity contribution in [1.82, 2.24) is 0 Å². The number of aryl methyl sites for hydroxylation is 1. The minimum atomic E-state index is -0.947. The van der Waals surface area contributed by atoms with E-state index in [1.54, 1.807) is 12.1 Å². The first-order valence-electron chi connectivity index (χ1n) is 5.77. The summed E-state index contributed by atoms with van der Waals surface area (Å²) in [5, 5.41) is 13.0. The van der Waals surface area contributed by atoms with Gasteiger partial charge in [-0.3, -0.25) is 5.43 Å². The Balaban J connectivity index is 2.07. The normalized spacial score (nSPS) is 11.4. The van der Waals surface area contributed by atoms with Crippen LogP contribution in [0.3, 0.4) is 0 Å². The third kappa shape index (κ3) is 3.22. The predicted octanol–water partition coefficient (Wildman–Crippen LogP) is 3.12. The smallest absolute Gasteiger partial charge is 0.335 e. The average molecular weight is 258 g/mol. The fourth-order valence-corrected chi connectivity index (χ4v) is 1.52. The van der Waals surface area contributed by atoms with Crippen molar-refractivity contribution >= 4 is 17.4 Å². The first-order chi connectivity index (χ1) is 9.06. The lowest BCUT2D eigenvalue weighted by Gasteiger charge is -2.02. The first kappa shape index (κ1) is 12.9. The van der Waals surface area contributed by atoms with Crippen LogP contribution in [0.15, 0.2) is 45.9 Å². The molecule has 19 heavy (non-hydrogen) atoms. The number of hydrogen-bond donors (Lipinski definition) is 2. The monoisotopic (exact) mass is 258 g/mol. The molecular formula is C14H14N2O3. The Labute approximate surface area is 110 Å². The lowest BCUT2D eigenvalue weighted by molar-refractivity contribution is 0.0697. The summed E-state index contributed by atoms with van der Waals surface area (Å²) in [4.78, 5) is 10.7. The van der Waals surface area contributed by atoms with E-state index in [2.05, 4.69) is 10.5 Å². The Morgan fingerprint density at radius 2 is 1.89 bits per heavy atom. The molecule has 0 saturated heterocycles. The van der Waals surface area contributed by atoms with Crippen molar-refractivity contribution in [2.24, 2.45) is 5.10 Å². The second-order valence-corrected chi connectivity index (χ2v) is 4.10. The Hall–Kier alpha value is -2.56. The van der Waals surface area contributed by atoms with Gasteiger partial charge in [-0.1, -0.05) is 0 Å². The van der Waals surface area contributed by atoms with Gasteiger partial charge in [0, 0.05) is 0 Å². The number of hydrazone groups is 1. The van der Waals surface area contributed by atoms with E-state index >= 15 is 0 Å². The Morgan fingerprint density at radius 1 is 1.21 bits per heavy atom. The summed E-state index contributed by atoms with van der Waals surface area (Å²) in [5.41, 5.74) is 4.53. The molecule has 0 fully saturated rings. The number of carboxylic acids is 1. The summed E-state index contributed by atoms with van der Waals surface area (Å²) in [7, 11) is 0. The van der Waals surface area contributed by atoms with E-state index in [0.717, 1.165) is 11.5 Å². The molecule has 5 heteroatoms. The molecule has 0 saturated carbocycles. The minimum absolute atomic E-state index is 0.243. The molecule has 2 N–H and O–H groups in total. The summed E-state index contributed by atoms with van der Waals surface area (Å²) in [6.45, 7) is 3.70. The number of hydrogen-bond acceptors (Lipinski definition) is 4. The number of rotatable bonds is 4. The number of anilines is 1. The van der Waals surface area contributed by atoms with Gasteiger partial charge in [-0.25, -0.2) is 4.79 Å². The molecule has 5 nitrogen and oxygen atoms in total. The van der Waals surface area contributed by atoms with Crippen LogP contribution in [-0.2, 0) is 0 Å². The van der Waals surface area contributed by atoms with E-state index in [1.807, 2.05) is 26.0 Å². The lowest BCUT2D eigenvalue weighted by Crippen LogP contribution is -1.99. The van der Waals surface area contributed by atoms with Gasteiger partial charge in [-0.15, -0.1) is 0 Å². The zero-order chi connectivity index (χ0) is 13.8. The predicted molar refractivity (Wildman–Crippen MR) is 72.7 cm³/mol. The van der Waals surface area contributed by atoms with Gasteiger partial charge in [0.2, 0.25) is 0 Å². The van der Waals surface area contributed by atoms with Crippen LogP contribution >= 0.6 is 0 Å². The number of nitrogens with one attached hydrogen (secondary N) is 1. The maximum atomic E-state index is 10.7. The molecule has 0 aliphatic rings. The summed E-state index contributed by atoms with van der Waals surface area (Å²) >= 11 is 0. The second-order valence-electron chi connectivity index (χ2n) is 4.10. The number of carboxylic acid groups (broad SMARTS) is 1. The third-order valence-electron chi connectivity index (χ3n) is 2.58. The molecule has 1 aromatic heterocycles. The molecule has 0 atom stereocenters. The van der Waals surface area contributed by atoms with E-state index < -0.39 is 5.97 Å². The molecule has 0 aliphatic heterocycles. The van der Waals surface area contributed by atoms with E-state index in [1.165, 1.54) is 12.1 Å². The van der Waals surface area contributed by atoms with E-state index in [9.17, 15) is 4.79 Å². The molecule has 1 heterocycles. The van der Waals surface area contributed by atoms with Crippen LogP contribution in [0.25, 0.3) is 0 Å². The van der Waals surface area contributed by atoms with Crippen LogP contribution < -0.4 is 5.43 Å². The van der Waals surface area contributed by atoms with E-state index in [-0.39, 0.29) is 5.56 Å². The molecule has 98 valence electrons. The number of benzene rings is 1. The van der Waals surface area contributed by atoms with Gasteiger partial charge in [0.05, 0.1) is 11.3 Å². The first-order valence-corrected chi connectivity index (χ1v) is 5.77. The van der Waals surface area contributed by atoms with Crippen molar-refractivity contribution in [3.05, 3.63) is 53.5 Å². The van der Waals surface area contributed by atoms with Crippen molar-refractivity contribution in [2.45, 2.75) is 13.8 Å².